The summed E-state index contributed by atoms with van der Waals surface area (Å²) in [5.74, 6) is -2.45. The molecule has 5 nitrogen and oxygen atoms in total. The van der Waals surface area contributed by atoms with E-state index >= 15 is 0 Å². The minimum atomic E-state index is -0.950. The van der Waals surface area contributed by atoms with E-state index in [9.17, 15) is 18.7 Å². The van der Waals surface area contributed by atoms with Crippen LogP contribution in [-0.2, 0) is 4.79 Å². The topological polar surface area (TPSA) is 82.3 Å². The lowest BCUT2D eigenvalue weighted by Gasteiger charge is -2.18. The summed E-state index contributed by atoms with van der Waals surface area (Å²) in [5, 5.41) is 20.6. The number of benzene rings is 2. The Balaban J connectivity index is 2.52. The zero-order chi connectivity index (χ0) is 20.8. The van der Waals surface area contributed by atoms with Gasteiger partial charge in [0.25, 0.3) is 5.91 Å². The third-order valence-electron chi connectivity index (χ3n) is 4.06. The molecule has 2 rings (SSSR count). The molecule has 2 aromatic carbocycles. The maximum Gasteiger partial charge on any atom is 0.269 e. The number of allylic oxidation sites excluding steroid dienone is 1. The van der Waals surface area contributed by atoms with Crippen LogP contribution in [0.3, 0.4) is 0 Å². The minimum Gasteiger partial charge on any atom is -0.511 e. The van der Waals surface area contributed by atoms with Gasteiger partial charge in [-0.3, -0.25) is 4.79 Å². The summed E-state index contributed by atoms with van der Waals surface area (Å²) in [4.78, 5) is 12.1. The Morgan fingerprint density at radius 3 is 2.61 bits per heavy atom. The van der Waals surface area contributed by atoms with Gasteiger partial charge in [-0.2, -0.15) is 5.26 Å². The number of nitrogens with one attached hydrogen (secondary N) is 1. The highest BCUT2D eigenvalue weighted by atomic mass is 19.1. The maximum absolute atomic E-state index is 14.6. The molecule has 0 aliphatic carbocycles. The third-order valence-corrected chi connectivity index (χ3v) is 4.06. The van der Waals surface area contributed by atoms with Crippen LogP contribution in [0.2, 0.25) is 0 Å². The Morgan fingerprint density at radius 2 is 2.04 bits per heavy atom. The average Bonchev–Trinajstić information content (AvgIpc) is 2.64. The summed E-state index contributed by atoms with van der Waals surface area (Å²) in [7, 11) is 0. The summed E-state index contributed by atoms with van der Waals surface area (Å²) in [6, 6.07) is 9.61. The number of carbonyl (C=O) groups is 1. The molecule has 0 aliphatic heterocycles. The van der Waals surface area contributed by atoms with Crippen molar-refractivity contribution < 1.29 is 23.4 Å². The number of amides is 1. The first-order valence-electron chi connectivity index (χ1n) is 8.64. The number of aliphatic hydroxyl groups excluding tert-OH is 1. The molecule has 0 heterocycles. The van der Waals surface area contributed by atoms with E-state index in [1.165, 1.54) is 31.2 Å². The van der Waals surface area contributed by atoms with E-state index in [0.717, 1.165) is 6.07 Å². The van der Waals surface area contributed by atoms with E-state index < -0.39 is 28.9 Å². The van der Waals surface area contributed by atoms with E-state index in [4.69, 9.17) is 10.00 Å². The van der Waals surface area contributed by atoms with Crippen LogP contribution in [-0.4, -0.2) is 17.1 Å². The smallest absolute Gasteiger partial charge is 0.269 e. The van der Waals surface area contributed by atoms with Crippen molar-refractivity contribution in [1.29, 1.82) is 5.26 Å². The molecule has 7 heteroatoms. The van der Waals surface area contributed by atoms with Crippen molar-refractivity contribution in [2.24, 2.45) is 0 Å². The molecule has 0 saturated carbocycles. The molecule has 1 unspecified atom stereocenters. The molecule has 0 fully saturated rings. The normalized spacial score (nSPS) is 12.6. The average molecular weight is 386 g/mol. The molecule has 146 valence electrons. The summed E-state index contributed by atoms with van der Waals surface area (Å²) < 4.78 is 34.1. The van der Waals surface area contributed by atoms with Crippen molar-refractivity contribution in [2.45, 2.75) is 33.3 Å². The maximum atomic E-state index is 14.6. The number of nitrogens with zero attached hydrogens (tertiary/aromatic N) is 1. The molecule has 1 amide bonds. The summed E-state index contributed by atoms with van der Waals surface area (Å²) in [6.45, 7) is 4.91. The Bertz CT molecular complexity index is 961. The fraction of sp³-hybridized carbons (Fsp3) is 0.238. The molecule has 0 bridgehead atoms. The molecule has 0 saturated heterocycles. The van der Waals surface area contributed by atoms with Crippen LogP contribution < -0.4 is 10.1 Å². The molecular formula is C21H20F2N2O3. The highest BCUT2D eigenvalue weighted by molar-refractivity contribution is 6.07. The molecule has 28 heavy (non-hydrogen) atoms. The Morgan fingerprint density at radius 1 is 1.32 bits per heavy atom. The summed E-state index contributed by atoms with van der Waals surface area (Å²) >= 11 is 0. The number of rotatable bonds is 6. The molecule has 2 aromatic rings. The van der Waals surface area contributed by atoms with Gasteiger partial charge in [0, 0.05) is 11.6 Å². The standard InChI is InChI=1S/C21H20F2N2O3/c1-4-12(2)28-20-10-19(25-21(27)17(11-24)13(3)26)18(23)9-16(20)14-6-5-7-15(22)8-14/h5-10,12,26H,4H2,1-3H3,(H,25,27)/b17-13-. The zero-order valence-corrected chi connectivity index (χ0v) is 15.7. The highest BCUT2D eigenvalue weighted by Gasteiger charge is 2.19. The third kappa shape index (κ3) is 4.86. The van der Waals surface area contributed by atoms with Crippen LogP contribution in [0.5, 0.6) is 5.75 Å². The Labute approximate surface area is 161 Å². The molecular weight excluding hydrogens is 366 g/mol. The van der Waals surface area contributed by atoms with Crippen LogP contribution in [0.4, 0.5) is 14.5 Å². The summed E-state index contributed by atoms with van der Waals surface area (Å²) in [6.07, 6.45) is 0.461. The fourth-order valence-electron chi connectivity index (χ4n) is 2.41. The zero-order valence-electron chi connectivity index (χ0n) is 15.7. The second kappa shape index (κ2) is 9.00. The second-order valence-electron chi connectivity index (χ2n) is 6.20. The first-order chi connectivity index (χ1) is 13.3. The van der Waals surface area contributed by atoms with Crippen molar-refractivity contribution >= 4 is 11.6 Å². The van der Waals surface area contributed by atoms with Gasteiger partial charge in [-0.1, -0.05) is 19.1 Å². The van der Waals surface area contributed by atoms with Crippen LogP contribution in [0, 0.1) is 23.0 Å². The highest BCUT2D eigenvalue weighted by Crippen LogP contribution is 2.36. The SMILES string of the molecule is CCC(C)Oc1cc(NC(=O)/C(C#N)=C(/C)O)c(F)cc1-c1cccc(F)c1. The van der Waals surface area contributed by atoms with Crippen LogP contribution >= 0.6 is 0 Å². The van der Waals surface area contributed by atoms with Crippen LogP contribution in [0.25, 0.3) is 11.1 Å². The Kier molecular flexibility index (Phi) is 6.72. The van der Waals surface area contributed by atoms with E-state index in [1.807, 2.05) is 13.8 Å². The molecule has 0 radical (unpaired) electrons. The largest absolute Gasteiger partial charge is 0.511 e. The van der Waals surface area contributed by atoms with Crippen molar-refractivity contribution in [3.8, 4) is 22.9 Å². The quantitative estimate of drug-likeness (QED) is 0.411. The monoisotopic (exact) mass is 386 g/mol. The van der Waals surface area contributed by atoms with E-state index in [1.54, 1.807) is 12.1 Å². The van der Waals surface area contributed by atoms with Crippen molar-refractivity contribution in [2.75, 3.05) is 5.32 Å². The first-order valence-corrected chi connectivity index (χ1v) is 8.64. The van der Waals surface area contributed by atoms with Gasteiger partial charge in [-0.25, -0.2) is 8.78 Å². The van der Waals surface area contributed by atoms with Gasteiger partial charge in [0.15, 0.2) is 5.57 Å². The molecule has 0 spiro atoms. The predicted molar refractivity (Wildman–Crippen MR) is 102 cm³/mol. The first kappa shape index (κ1) is 20.9. The van der Waals surface area contributed by atoms with E-state index in [2.05, 4.69) is 5.32 Å². The Hall–Kier alpha value is -3.40. The van der Waals surface area contributed by atoms with E-state index in [-0.39, 0.29) is 17.5 Å². The fourth-order valence-corrected chi connectivity index (χ4v) is 2.41. The van der Waals surface area contributed by atoms with Gasteiger partial charge in [0.05, 0.1) is 11.8 Å². The van der Waals surface area contributed by atoms with Gasteiger partial charge >= 0.3 is 0 Å². The summed E-state index contributed by atoms with van der Waals surface area (Å²) in [5.41, 5.74) is -0.0148. The number of nitriles is 1. The van der Waals surface area contributed by atoms with Gasteiger partial charge in [0.1, 0.15) is 29.2 Å². The number of hydrogen-bond donors (Lipinski definition) is 2. The molecule has 2 N–H and O–H groups in total. The van der Waals surface area contributed by atoms with Crippen molar-refractivity contribution in [3.05, 3.63) is 59.4 Å². The number of hydrogen-bond acceptors (Lipinski definition) is 4. The van der Waals surface area contributed by atoms with Gasteiger partial charge in [0.2, 0.25) is 0 Å². The van der Waals surface area contributed by atoms with Gasteiger partial charge in [-0.15, -0.1) is 0 Å². The van der Waals surface area contributed by atoms with Gasteiger partial charge in [-0.05, 0) is 44.0 Å². The van der Waals surface area contributed by atoms with Gasteiger partial charge < -0.3 is 15.2 Å². The number of ether oxygens (including phenoxy) is 1. The predicted octanol–water partition coefficient (Wildman–Crippen LogP) is 5.10. The second-order valence-corrected chi connectivity index (χ2v) is 6.20. The lowest BCUT2D eigenvalue weighted by Crippen LogP contribution is -2.17. The van der Waals surface area contributed by atoms with E-state index in [0.29, 0.717) is 17.5 Å². The van der Waals surface area contributed by atoms with Crippen LogP contribution in [0.1, 0.15) is 27.2 Å². The lowest BCUT2D eigenvalue weighted by molar-refractivity contribution is -0.112. The number of anilines is 1. The van der Waals surface area contributed by atoms with Crippen molar-refractivity contribution in [3.63, 3.8) is 0 Å². The minimum absolute atomic E-state index is 0.212. The molecule has 0 aromatic heterocycles. The molecule has 1 atom stereocenters. The number of halogens is 2. The van der Waals surface area contributed by atoms with Crippen molar-refractivity contribution in [1.82, 2.24) is 0 Å². The van der Waals surface area contributed by atoms with Crippen LogP contribution in [0.15, 0.2) is 47.7 Å². The number of carbonyl (C=O) groups excluding carboxylic acids is 1. The number of aliphatic hydroxyl groups is 1. The molecule has 0 aliphatic rings. The lowest BCUT2D eigenvalue weighted by atomic mass is 10.0.